The largest absolute Gasteiger partial charge is 0.383 e. The molecule has 8 heteroatoms. The van der Waals surface area contributed by atoms with Gasteiger partial charge in [0.2, 0.25) is 15.9 Å². The van der Waals surface area contributed by atoms with Gasteiger partial charge in [0.25, 0.3) is 0 Å². The van der Waals surface area contributed by atoms with Gasteiger partial charge in [-0.3, -0.25) is 4.79 Å². The molecule has 2 saturated heterocycles. The lowest BCUT2D eigenvalue weighted by Gasteiger charge is -2.36. The molecule has 2 fully saturated rings. The first-order valence-corrected chi connectivity index (χ1v) is 9.54. The highest BCUT2D eigenvalue weighted by Gasteiger charge is 2.46. The van der Waals surface area contributed by atoms with E-state index in [0.717, 1.165) is 5.56 Å². The Kier molecular flexibility index (Phi) is 5.19. The molecule has 2 aliphatic rings. The Morgan fingerprint density at radius 3 is 2.71 bits per heavy atom. The molecule has 24 heavy (non-hydrogen) atoms. The van der Waals surface area contributed by atoms with Crippen LogP contribution in [0, 0.1) is 0 Å². The second-order valence-electron chi connectivity index (χ2n) is 6.06. The van der Waals surface area contributed by atoms with E-state index in [4.69, 9.17) is 9.47 Å². The summed E-state index contributed by atoms with van der Waals surface area (Å²) >= 11 is 0. The number of fused-ring (bicyclic) bond motifs is 1. The van der Waals surface area contributed by atoms with Gasteiger partial charge in [0.05, 0.1) is 24.5 Å². The van der Waals surface area contributed by atoms with E-state index in [0.29, 0.717) is 13.2 Å². The molecule has 1 aromatic carbocycles. The highest BCUT2D eigenvalue weighted by molar-refractivity contribution is 7.88. The van der Waals surface area contributed by atoms with Crippen molar-refractivity contribution in [3.8, 4) is 0 Å². The van der Waals surface area contributed by atoms with Gasteiger partial charge in [-0.1, -0.05) is 30.3 Å². The van der Waals surface area contributed by atoms with Crippen LogP contribution in [0.2, 0.25) is 0 Å². The van der Waals surface area contributed by atoms with E-state index in [9.17, 15) is 13.2 Å². The number of amides is 1. The van der Waals surface area contributed by atoms with Crippen LogP contribution in [0.5, 0.6) is 0 Å². The van der Waals surface area contributed by atoms with Crippen molar-refractivity contribution >= 4 is 15.9 Å². The number of nitrogens with zero attached hydrogens (tertiary/aromatic N) is 2. The molecule has 7 nitrogen and oxygen atoms in total. The summed E-state index contributed by atoms with van der Waals surface area (Å²) < 4.78 is 37.4. The van der Waals surface area contributed by atoms with Gasteiger partial charge in [0.15, 0.2) is 0 Å². The van der Waals surface area contributed by atoms with E-state index in [1.165, 1.54) is 4.31 Å². The molecule has 0 bridgehead atoms. The van der Waals surface area contributed by atoms with Crippen LogP contribution in [0.15, 0.2) is 30.3 Å². The first-order valence-electron chi connectivity index (χ1n) is 7.93. The number of carbonyl (C=O) groups is 1. The maximum absolute atomic E-state index is 12.7. The number of benzene rings is 1. The van der Waals surface area contributed by atoms with Gasteiger partial charge in [-0.05, 0) is 5.56 Å². The van der Waals surface area contributed by atoms with Crippen LogP contribution >= 0.6 is 0 Å². The molecular formula is C16H22N2O5S. The first kappa shape index (κ1) is 17.3. The fraction of sp³-hybridized carbons (Fsp3) is 0.562. The van der Waals surface area contributed by atoms with E-state index >= 15 is 0 Å². The van der Waals surface area contributed by atoms with Crippen molar-refractivity contribution < 1.29 is 22.7 Å². The van der Waals surface area contributed by atoms with Crippen molar-refractivity contribution in [3.05, 3.63) is 35.9 Å². The predicted molar refractivity (Wildman–Crippen MR) is 87.8 cm³/mol. The summed E-state index contributed by atoms with van der Waals surface area (Å²) in [5.41, 5.74) is 0.751. The number of hydrogen-bond acceptors (Lipinski definition) is 5. The molecule has 2 heterocycles. The Balaban J connectivity index is 1.72. The number of hydrogen-bond donors (Lipinski definition) is 0. The monoisotopic (exact) mass is 354 g/mol. The highest BCUT2D eigenvalue weighted by Crippen LogP contribution is 2.26. The topological polar surface area (TPSA) is 76.2 Å². The lowest BCUT2D eigenvalue weighted by molar-refractivity contribution is -0.153. The molecule has 2 atom stereocenters. The third-order valence-corrected chi connectivity index (χ3v) is 6.25. The van der Waals surface area contributed by atoms with Gasteiger partial charge >= 0.3 is 0 Å². The van der Waals surface area contributed by atoms with E-state index in [-0.39, 0.29) is 43.5 Å². The number of ether oxygens (including phenoxy) is 2. The lowest BCUT2D eigenvalue weighted by Crippen LogP contribution is -2.54. The molecule has 1 aromatic rings. The lowest BCUT2D eigenvalue weighted by atomic mass is 10.1. The second-order valence-corrected chi connectivity index (χ2v) is 8.02. The Hall–Kier alpha value is -1.48. The van der Waals surface area contributed by atoms with Crippen molar-refractivity contribution in [2.24, 2.45) is 0 Å². The Morgan fingerprint density at radius 2 is 2.00 bits per heavy atom. The zero-order chi connectivity index (χ0) is 17.2. The van der Waals surface area contributed by atoms with Crippen LogP contribution in [0.1, 0.15) is 5.56 Å². The minimum absolute atomic E-state index is 0.00253. The highest BCUT2D eigenvalue weighted by atomic mass is 32.2. The molecule has 0 radical (unpaired) electrons. The van der Waals surface area contributed by atoms with E-state index in [1.54, 1.807) is 24.1 Å². The van der Waals surface area contributed by atoms with Crippen LogP contribution in [0.4, 0.5) is 0 Å². The van der Waals surface area contributed by atoms with Crippen LogP contribution in [0.3, 0.4) is 0 Å². The summed E-state index contributed by atoms with van der Waals surface area (Å²) in [7, 11) is -1.87. The van der Waals surface area contributed by atoms with E-state index in [1.807, 2.05) is 18.2 Å². The number of rotatable bonds is 6. The average Bonchev–Trinajstić information content (AvgIpc) is 3.00. The number of carbonyl (C=O) groups excluding carboxylic acids is 1. The molecule has 0 unspecified atom stereocenters. The maximum Gasteiger partial charge on any atom is 0.249 e. The molecule has 2 aliphatic heterocycles. The summed E-state index contributed by atoms with van der Waals surface area (Å²) in [6.07, 6.45) is -0.273. The fourth-order valence-electron chi connectivity index (χ4n) is 3.22. The smallest absolute Gasteiger partial charge is 0.249 e. The number of sulfonamides is 1. The third-order valence-electron chi connectivity index (χ3n) is 4.47. The summed E-state index contributed by atoms with van der Waals surface area (Å²) in [5, 5.41) is 0. The molecule has 0 spiro atoms. The SMILES string of the molecule is COCCN1C(=O)CO[C@H]2CN(S(=O)(=O)Cc3ccccc3)C[C@@H]21. The van der Waals surface area contributed by atoms with E-state index in [2.05, 4.69) is 0 Å². The maximum atomic E-state index is 12.7. The molecular weight excluding hydrogens is 332 g/mol. The predicted octanol–water partition coefficient (Wildman–Crippen LogP) is 0.0744. The van der Waals surface area contributed by atoms with Gasteiger partial charge in [-0.25, -0.2) is 8.42 Å². The zero-order valence-corrected chi connectivity index (χ0v) is 14.4. The summed E-state index contributed by atoms with van der Waals surface area (Å²) in [6.45, 7) is 1.43. The van der Waals surface area contributed by atoms with Crippen molar-refractivity contribution in [2.75, 3.05) is 40.0 Å². The van der Waals surface area contributed by atoms with Gasteiger partial charge in [-0.15, -0.1) is 0 Å². The Bertz CT molecular complexity index is 679. The Labute approximate surface area is 142 Å². The van der Waals surface area contributed by atoms with E-state index < -0.39 is 10.0 Å². The zero-order valence-electron chi connectivity index (χ0n) is 13.6. The Morgan fingerprint density at radius 1 is 1.25 bits per heavy atom. The van der Waals surface area contributed by atoms with Crippen molar-refractivity contribution in [2.45, 2.75) is 17.9 Å². The average molecular weight is 354 g/mol. The minimum Gasteiger partial charge on any atom is -0.383 e. The number of morpholine rings is 1. The van der Waals surface area contributed by atoms with Gasteiger partial charge in [0, 0.05) is 26.7 Å². The summed E-state index contributed by atoms with van der Waals surface area (Å²) in [5.74, 6) is -0.158. The molecule has 132 valence electrons. The molecule has 0 aromatic heterocycles. The van der Waals surface area contributed by atoms with Gasteiger partial charge < -0.3 is 14.4 Å². The van der Waals surface area contributed by atoms with Crippen LogP contribution in [-0.2, 0) is 30.0 Å². The molecule has 0 aliphatic carbocycles. The standard InChI is InChI=1S/C16H22N2O5S/c1-22-8-7-18-14-9-17(10-15(14)23-11-16(18)19)24(20,21)12-13-5-3-2-4-6-13/h2-6,14-15H,7-12H2,1H3/t14-,15-/m0/s1. The molecule has 0 N–H and O–H groups in total. The summed E-state index contributed by atoms with van der Waals surface area (Å²) in [6, 6.07) is 8.85. The van der Waals surface area contributed by atoms with Crippen LogP contribution < -0.4 is 0 Å². The molecule has 3 rings (SSSR count). The second kappa shape index (κ2) is 7.18. The molecule has 1 amide bonds. The van der Waals surface area contributed by atoms with Crippen molar-refractivity contribution in [1.82, 2.24) is 9.21 Å². The third kappa shape index (κ3) is 3.61. The summed E-state index contributed by atoms with van der Waals surface area (Å²) in [4.78, 5) is 13.8. The quantitative estimate of drug-likeness (QED) is 0.723. The molecule has 0 saturated carbocycles. The van der Waals surface area contributed by atoms with Gasteiger partial charge in [0.1, 0.15) is 6.61 Å². The fourth-order valence-corrected chi connectivity index (χ4v) is 4.77. The minimum atomic E-state index is -3.45. The van der Waals surface area contributed by atoms with Gasteiger partial charge in [-0.2, -0.15) is 4.31 Å². The van der Waals surface area contributed by atoms with Crippen molar-refractivity contribution in [1.29, 1.82) is 0 Å². The van der Waals surface area contributed by atoms with Crippen molar-refractivity contribution in [3.63, 3.8) is 0 Å². The van der Waals surface area contributed by atoms with Crippen LogP contribution in [-0.4, -0.2) is 75.6 Å². The normalized spacial score (nSPS) is 25.0. The number of methoxy groups -OCH3 is 1. The first-order chi connectivity index (χ1) is 11.5. The van der Waals surface area contributed by atoms with Crippen LogP contribution in [0.25, 0.3) is 0 Å².